The van der Waals surface area contributed by atoms with E-state index in [2.05, 4.69) is 10.1 Å². The number of nitrogens with one attached hydrogen (secondary N) is 1. The van der Waals surface area contributed by atoms with E-state index >= 15 is 0 Å². The summed E-state index contributed by atoms with van der Waals surface area (Å²) in [7, 11) is 1.36. The van der Waals surface area contributed by atoms with E-state index in [1.807, 2.05) is 20.8 Å². The van der Waals surface area contributed by atoms with Crippen LogP contribution in [0.15, 0.2) is 11.8 Å². The molecule has 0 aliphatic heterocycles. The van der Waals surface area contributed by atoms with Gasteiger partial charge in [-0.15, -0.1) is 0 Å². The van der Waals surface area contributed by atoms with Gasteiger partial charge in [0.25, 0.3) is 0 Å². The molecule has 0 fully saturated rings. The highest BCUT2D eigenvalue weighted by atomic mass is 16.5. The first kappa shape index (κ1) is 10.0. The average Bonchev–Trinajstić information content (AvgIpc) is 1.85. The van der Waals surface area contributed by atoms with Gasteiger partial charge in [0, 0.05) is 17.8 Å². The summed E-state index contributed by atoms with van der Waals surface area (Å²) >= 11 is 0. The van der Waals surface area contributed by atoms with E-state index in [4.69, 9.17) is 0 Å². The second-order valence-electron chi connectivity index (χ2n) is 2.65. The Morgan fingerprint density at radius 2 is 2.09 bits per heavy atom. The van der Waals surface area contributed by atoms with E-state index in [0.29, 0.717) is 6.04 Å². The van der Waals surface area contributed by atoms with E-state index < -0.39 is 0 Å². The third kappa shape index (κ3) is 5.45. The molecular formula is C8H15NO2. The zero-order valence-corrected chi connectivity index (χ0v) is 7.47. The van der Waals surface area contributed by atoms with Gasteiger partial charge < -0.3 is 10.1 Å². The summed E-state index contributed by atoms with van der Waals surface area (Å²) in [6, 6.07) is 0.343. The number of hydrogen-bond donors (Lipinski definition) is 1. The third-order valence-electron chi connectivity index (χ3n) is 1.05. The molecule has 64 valence electrons. The van der Waals surface area contributed by atoms with Crippen LogP contribution in [0.4, 0.5) is 0 Å². The molecule has 0 atom stereocenters. The highest BCUT2D eigenvalue weighted by Crippen LogP contribution is 1.90. The van der Waals surface area contributed by atoms with E-state index in [1.54, 1.807) is 0 Å². The first-order valence-electron chi connectivity index (χ1n) is 3.59. The van der Waals surface area contributed by atoms with E-state index in [0.717, 1.165) is 5.70 Å². The Labute approximate surface area is 67.4 Å². The van der Waals surface area contributed by atoms with E-state index in [-0.39, 0.29) is 5.97 Å². The number of hydrogen-bond acceptors (Lipinski definition) is 3. The number of carbonyl (C=O) groups is 1. The van der Waals surface area contributed by atoms with Crippen molar-refractivity contribution in [2.45, 2.75) is 26.8 Å². The number of esters is 1. The van der Waals surface area contributed by atoms with Gasteiger partial charge in [-0.3, -0.25) is 0 Å². The van der Waals surface area contributed by atoms with Gasteiger partial charge in [-0.1, -0.05) is 0 Å². The summed E-state index contributed by atoms with van der Waals surface area (Å²) in [6.07, 6.45) is 1.43. The van der Waals surface area contributed by atoms with Gasteiger partial charge in [0.15, 0.2) is 0 Å². The molecule has 0 aliphatic rings. The first-order chi connectivity index (χ1) is 5.06. The lowest BCUT2D eigenvalue weighted by atomic mass is 10.3. The van der Waals surface area contributed by atoms with Crippen LogP contribution >= 0.6 is 0 Å². The van der Waals surface area contributed by atoms with Gasteiger partial charge in [-0.05, 0) is 20.8 Å². The molecule has 3 nitrogen and oxygen atoms in total. The molecule has 0 aliphatic carbocycles. The molecule has 0 aromatic heterocycles. The van der Waals surface area contributed by atoms with Crippen molar-refractivity contribution < 1.29 is 9.53 Å². The predicted molar refractivity (Wildman–Crippen MR) is 44.0 cm³/mol. The lowest BCUT2D eigenvalue weighted by Gasteiger charge is -2.08. The maximum atomic E-state index is 10.7. The Hall–Kier alpha value is -0.990. The van der Waals surface area contributed by atoms with Crippen molar-refractivity contribution in [3.05, 3.63) is 11.8 Å². The van der Waals surface area contributed by atoms with Crippen molar-refractivity contribution in [1.29, 1.82) is 0 Å². The molecule has 0 aromatic rings. The minimum atomic E-state index is -0.323. The van der Waals surface area contributed by atoms with Crippen LogP contribution < -0.4 is 5.32 Å². The summed E-state index contributed by atoms with van der Waals surface area (Å²) in [5.74, 6) is -0.323. The minimum Gasteiger partial charge on any atom is -0.466 e. The third-order valence-corrected chi connectivity index (χ3v) is 1.05. The first-order valence-corrected chi connectivity index (χ1v) is 3.59. The van der Waals surface area contributed by atoms with Gasteiger partial charge in [0.1, 0.15) is 0 Å². The van der Waals surface area contributed by atoms with Crippen molar-refractivity contribution in [1.82, 2.24) is 5.32 Å². The highest BCUT2D eigenvalue weighted by Gasteiger charge is 1.96. The fraction of sp³-hybridized carbons (Fsp3) is 0.625. The van der Waals surface area contributed by atoms with Gasteiger partial charge in [0.2, 0.25) is 0 Å². The van der Waals surface area contributed by atoms with Crippen LogP contribution in [0.25, 0.3) is 0 Å². The zero-order chi connectivity index (χ0) is 8.85. The summed E-state index contributed by atoms with van der Waals surface area (Å²) in [5.41, 5.74) is 0.826. The largest absolute Gasteiger partial charge is 0.466 e. The zero-order valence-electron chi connectivity index (χ0n) is 7.47. The molecule has 1 N–H and O–H groups in total. The molecule has 0 aromatic carbocycles. The normalized spacial score (nSPS) is 11.5. The lowest BCUT2D eigenvalue weighted by Crippen LogP contribution is -2.21. The van der Waals surface area contributed by atoms with Crippen LogP contribution in [0.1, 0.15) is 20.8 Å². The average molecular weight is 157 g/mol. The Morgan fingerprint density at radius 1 is 1.55 bits per heavy atom. The number of carbonyl (C=O) groups excluding carboxylic acids is 1. The van der Waals surface area contributed by atoms with Crippen molar-refractivity contribution in [2.75, 3.05) is 7.11 Å². The molecule has 0 saturated heterocycles. The molecule has 0 heterocycles. The van der Waals surface area contributed by atoms with Crippen molar-refractivity contribution in [2.24, 2.45) is 0 Å². The van der Waals surface area contributed by atoms with Crippen LogP contribution in [0, 0.1) is 0 Å². The van der Waals surface area contributed by atoms with Crippen LogP contribution in [0.2, 0.25) is 0 Å². The van der Waals surface area contributed by atoms with Gasteiger partial charge in [-0.2, -0.15) is 0 Å². The molecule has 0 unspecified atom stereocenters. The smallest absolute Gasteiger partial charge is 0.332 e. The Balaban J connectivity index is 3.90. The summed E-state index contributed by atoms with van der Waals surface area (Å²) in [5, 5.41) is 3.07. The number of rotatable bonds is 3. The molecule has 0 amide bonds. The monoisotopic (exact) mass is 157 g/mol. The second kappa shape index (κ2) is 4.77. The van der Waals surface area contributed by atoms with E-state index in [9.17, 15) is 4.79 Å². The van der Waals surface area contributed by atoms with Crippen molar-refractivity contribution >= 4 is 5.97 Å². The molecule has 0 bridgehead atoms. The second-order valence-corrected chi connectivity index (χ2v) is 2.65. The van der Waals surface area contributed by atoms with Crippen molar-refractivity contribution in [3.63, 3.8) is 0 Å². The van der Waals surface area contributed by atoms with Crippen LogP contribution in [0.5, 0.6) is 0 Å². The van der Waals surface area contributed by atoms with Crippen molar-refractivity contribution in [3.8, 4) is 0 Å². The topological polar surface area (TPSA) is 38.3 Å². The maximum absolute atomic E-state index is 10.7. The van der Waals surface area contributed by atoms with E-state index in [1.165, 1.54) is 13.2 Å². The van der Waals surface area contributed by atoms with Gasteiger partial charge in [0.05, 0.1) is 7.11 Å². The van der Waals surface area contributed by atoms with Gasteiger partial charge >= 0.3 is 5.97 Å². The van der Waals surface area contributed by atoms with Crippen LogP contribution in [-0.4, -0.2) is 19.1 Å². The lowest BCUT2D eigenvalue weighted by molar-refractivity contribution is -0.134. The molecule has 0 radical (unpaired) electrons. The molecule has 0 spiro atoms. The summed E-state index contributed by atoms with van der Waals surface area (Å²) < 4.78 is 4.45. The Kier molecular flexibility index (Phi) is 4.34. The van der Waals surface area contributed by atoms with Crippen LogP contribution in [-0.2, 0) is 9.53 Å². The minimum absolute atomic E-state index is 0.323. The predicted octanol–water partition coefficient (Wildman–Crippen LogP) is 1.06. The maximum Gasteiger partial charge on any atom is 0.332 e. The number of ether oxygens (including phenoxy) is 1. The molecule has 11 heavy (non-hydrogen) atoms. The Morgan fingerprint density at radius 3 is 2.45 bits per heavy atom. The fourth-order valence-corrected chi connectivity index (χ4v) is 0.733. The number of allylic oxidation sites excluding steroid dienone is 1. The SMILES string of the molecule is COC(=O)/C=C(/C)NC(C)C. The molecule has 0 rings (SSSR count). The quantitative estimate of drug-likeness (QED) is 0.491. The molecule has 3 heteroatoms. The number of methoxy groups -OCH3 is 1. The van der Waals surface area contributed by atoms with Crippen LogP contribution in [0.3, 0.4) is 0 Å². The standard InChI is InChI=1S/C8H15NO2/c1-6(2)9-7(3)5-8(10)11-4/h5-6,9H,1-4H3/b7-5-. The fourth-order valence-electron chi connectivity index (χ4n) is 0.733. The summed E-state index contributed by atoms with van der Waals surface area (Å²) in [4.78, 5) is 10.7. The Bertz CT molecular complexity index is 161. The molecule has 0 saturated carbocycles. The van der Waals surface area contributed by atoms with Gasteiger partial charge in [-0.25, -0.2) is 4.79 Å². The highest BCUT2D eigenvalue weighted by molar-refractivity contribution is 5.82. The molecular weight excluding hydrogens is 142 g/mol. The summed E-state index contributed by atoms with van der Waals surface area (Å²) in [6.45, 7) is 5.85.